The molecule has 0 saturated heterocycles. The maximum Gasteiger partial charge on any atom is 0.234 e. The summed E-state index contributed by atoms with van der Waals surface area (Å²) >= 11 is 0. The molecular formula is C27H48N2O. The van der Waals surface area contributed by atoms with E-state index in [1.807, 2.05) is 6.92 Å². The number of rotatable bonds is 8. The normalized spacial score (nSPS) is 44.0. The maximum atomic E-state index is 11.4. The Kier molecular flexibility index (Phi) is 6.88. The third-order valence-electron chi connectivity index (χ3n) is 10.9. The fourth-order valence-corrected chi connectivity index (χ4v) is 9.12. The number of hydrogen-bond donors (Lipinski definition) is 2. The number of primary amides is 1. The van der Waals surface area contributed by atoms with Gasteiger partial charge in [-0.1, -0.05) is 40.0 Å². The molecule has 0 aliphatic heterocycles. The van der Waals surface area contributed by atoms with Crippen molar-refractivity contribution in [2.45, 2.75) is 117 Å². The van der Waals surface area contributed by atoms with Crippen LogP contribution in [-0.4, -0.2) is 18.5 Å². The molecule has 4 fully saturated rings. The van der Waals surface area contributed by atoms with Crippen LogP contribution in [0.15, 0.2) is 0 Å². The van der Waals surface area contributed by atoms with Crippen molar-refractivity contribution >= 4 is 5.91 Å². The molecule has 0 aromatic carbocycles. The van der Waals surface area contributed by atoms with Gasteiger partial charge in [0.15, 0.2) is 0 Å². The molecule has 3 N–H and O–H groups in total. The average molecular weight is 417 g/mol. The second-order valence-electron chi connectivity index (χ2n) is 12.0. The van der Waals surface area contributed by atoms with Crippen molar-refractivity contribution in [3.05, 3.63) is 0 Å². The molecule has 4 rings (SSSR count). The maximum absolute atomic E-state index is 11.4. The Balaban J connectivity index is 1.31. The summed E-state index contributed by atoms with van der Waals surface area (Å²) in [5.74, 6) is 4.81. The van der Waals surface area contributed by atoms with Crippen molar-refractivity contribution in [1.82, 2.24) is 5.32 Å². The van der Waals surface area contributed by atoms with E-state index in [4.69, 9.17) is 5.73 Å². The van der Waals surface area contributed by atoms with Crippen molar-refractivity contribution in [2.75, 3.05) is 6.54 Å². The minimum absolute atomic E-state index is 0.148. The van der Waals surface area contributed by atoms with Crippen LogP contribution in [0.1, 0.15) is 111 Å². The van der Waals surface area contributed by atoms with E-state index in [0.717, 1.165) is 42.6 Å². The Bertz CT molecular complexity index is 606. The first-order valence-corrected chi connectivity index (χ1v) is 13.4. The van der Waals surface area contributed by atoms with Crippen molar-refractivity contribution in [1.29, 1.82) is 0 Å². The van der Waals surface area contributed by atoms with Gasteiger partial charge in [-0.2, -0.15) is 0 Å². The van der Waals surface area contributed by atoms with Crippen LogP contribution in [0.4, 0.5) is 0 Å². The fraction of sp³-hybridized carbons (Fsp3) is 0.963. The number of unbranched alkanes of at least 4 members (excludes halogenated alkanes) is 1. The summed E-state index contributed by atoms with van der Waals surface area (Å²) < 4.78 is 0. The van der Waals surface area contributed by atoms with Crippen molar-refractivity contribution < 1.29 is 4.79 Å². The topological polar surface area (TPSA) is 55.1 Å². The monoisotopic (exact) mass is 416 g/mol. The molecule has 3 heteroatoms. The smallest absolute Gasteiger partial charge is 0.234 e. The van der Waals surface area contributed by atoms with Crippen LogP contribution in [0.25, 0.3) is 0 Å². The van der Waals surface area contributed by atoms with Crippen LogP contribution in [0, 0.1) is 40.4 Å². The van der Waals surface area contributed by atoms with E-state index in [2.05, 4.69) is 19.2 Å². The molecule has 0 aromatic rings. The van der Waals surface area contributed by atoms with E-state index >= 15 is 0 Å². The van der Waals surface area contributed by atoms with Gasteiger partial charge in [0.1, 0.15) is 0 Å². The molecule has 4 aliphatic carbocycles. The van der Waals surface area contributed by atoms with Crippen molar-refractivity contribution in [2.24, 2.45) is 46.2 Å². The summed E-state index contributed by atoms with van der Waals surface area (Å²) in [6, 6.07) is -0.148. The summed E-state index contributed by atoms with van der Waals surface area (Å²) in [5.41, 5.74) is 6.73. The van der Waals surface area contributed by atoms with E-state index in [1.165, 1.54) is 83.5 Å². The molecule has 0 bridgehead atoms. The number of carbonyl (C=O) groups is 1. The van der Waals surface area contributed by atoms with E-state index in [9.17, 15) is 4.79 Å². The van der Waals surface area contributed by atoms with Gasteiger partial charge in [0.05, 0.1) is 6.04 Å². The lowest BCUT2D eigenvalue weighted by molar-refractivity contribution is -0.120. The highest BCUT2D eigenvalue weighted by atomic mass is 16.1. The summed E-state index contributed by atoms with van der Waals surface area (Å²) in [7, 11) is 0. The molecule has 8 atom stereocenters. The SMILES string of the molecule is CCC(NCCCCC1CCC2C3CCC4CCCCC4(C)C3CCC12C)C(N)=O. The lowest BCUT2D eigenvalue weighted by Crippen LogP contribution is -2.52. The van der Waals surface area contributed by atoms with Gasteiger partial charge in [-0.3, -0.25) is 4.79 Å². The van der Waals surface area contributed by atoms with Gasteiger partial charge in [-0.25, -0.2) is 0 Å². The van der Waals surface area contributed by atoms with Crippen LogP contribution in [-0.2, 0) is 4.79 Å². The zero-order chi connectivity index (χ0) is 21.4. The standard InChI is InChI=1S/C27H48N2O/c1-4-24(25(28)30)29-18-8-6-10-20-12-14-22-21-13-11-19-9-5-7-16-26(19,2)23(21)15-17-27(20,22)3/h19-24,29H,4-18H2,1-3H3,(H2,28,30). The largest absolute Gasteiger partial charge is 0.368 e. The Morgan fingerprint density at radius 2 is 1.77 bits per heavy atom. The number of carbonyl (C=O) groups excluding carboxylic acids is 1. The number of amides is 1. The van der Waals surface area contributed by atoms with Crippen LogP contribution in [0.2, 0.25) is 0 Å². The number of hydrogen-bond acceptors (Lipinski definition) is 2. The lowest BCUT2D eigenvalue weighted by atomic mass is 9.45. The Morgan fingerprint density at radius 1 is 0.967 bits per heavy atom. The van der Waals surface area contributed by atoms with E-state index < -0.39 is 0 Å². The van der Waals surface area contributed by atoms with Gasteiger partial charge >= 0.3 is 0 Å². The van der Waals surface area contributed by atoms with Crippen LogP contribution >= 0.6 is 0 Å². The van der Waals surface area contributed by atoms with Gasteiger partial charge in [0.2, 0.25) is 5.91 Å². The predicted molar refractivity (Wildman–Crippen MR) is 125 cm³/mol. The van der Waals surface area contributed by atoms with Gasteiger partial charge in [0.25, 0.3) is 0 Å². The predicted octanol–water partition coefficient (Wildman–Crippen LogP) is 6.06. The summed E-state index contributed by atoms with van der Waals surface area (Å²) in [6.45, 7) is 8.34. The molecule has 8 unspecified atom stereocenters. The molecule has 4 saturated carbocycles. The third-order valence-corrected chi connectivity index (χ3v) is 10.9. The molecule has 0 aromatic heterocycles. The van der Waals surface area contributed by atoms with Crippen LogP contribution in [0.5, 0.6) is 0 Å². The molecule has 0 radical (unpaired) electrons. The molecule has 1 amide bonds. The van der Waals surface area contributed by atoms with Crippen molar-refractivity contribution in [3.8, 4) is 0 Å². The van der Waals surface area contributed by atoms with E-state index in [0.29, 0.717) is 10.8 Å². The molecule has 3 nitrogen and oxygen atoms in total. The Morgan fingerprint density at radius 3 is 2.53 bits per heavy atom. The first-order chi connectivity index (χ1) is 14.4. The number of fused-ring (bicyclic) bond motifs is 5. The van der Waals surface area contributed by atoms with Crippen LogP contribution < -0.4 is 11.1 Å². The van der Waals surface area contributed by atoms with Gasteiger partial charge in [-0.15, -0.1) is 0 Å². The Hall–Kier alpha value is -0.570. The third kappa shape index (κ3) is 3.97. The molecule has 30 heavy (non-hydrogen) atoms. The Labute approximate surface area is 185 Å². The summed E-state index contributed by atoms with van der Waals surface area (Å²) in [5, 5.41) is 3.35. The number of nitrogens with two attached hydrogens (primary N) is 1. The molecule has 0 heterocycles. The second kappa shape index (κ2) is 9.12. The average Bonchev–Trinajstić information content (AvgIpc) is 3.06. The first kappa shape index (κ1) is 22.6. The highest BCUT2D eigenvalue weighted by molar-refractivity contribution is 5.79. The summed E-state index contributed by atoms with van der Waals surface area (Å²) in [6.07, 6.45) is 19.7. The summed E-state index contributed by atoms with van der Waals surface area (Å²) in [4.78, 5) is 11.4. The minimum Gasteiger partial charge on any atom is -0.368 e. The zero-order valence-corrected chi connectivity index (χ0v) is 20.1. The quantitative estimate of drug-likeness (QED) is 0.473. The van der Waals surface area contributed by atoms with Crippen LogP contribution in [0.3, 0.4) is 0 Å². The lowest BCUT2D eigenvalue weighted by Gasteiger charge is -2.60. The number of nitrogens with one attached hydrogen (secondary N) is 1. The van der Waals surface area contributed by atoms with E-state index in [1.54, 1.807) is 0 Å². The van der Waals surface area contributed by atoms with Gasteiger partial charge < -0.3 is 11.1 Å². The highest BCUT2D eigenvalue weighted by Gasteiger charge is 2.59. The molecule has 172 valence electrons. The highest BCUT2D eigenvalue weighted by Crippen LogP contribution is 2.67. The fourth-order valence-electron chi connectivity index (χ4n) is 9.12. The zero-order valence-electron chi connectivity index (χ0n) is 20.1. The van der Waals surface area contributed by atoms with Gasteiger partial charge in [-0.05, 0) is 118 Å². The van der Waals surface area contributed by atoms with E-state index in [-0.39, 0.29) is 11.9 Å². The minimum atomic E-state index is -0.207. The molecular weight excluding hydrogens is 368 g/mol. The van der Waals surface area contributed by atoms with Crippen molar-refractivity contribution in [3.63, 3.8) is 0 Å². The second-order valence-corrected chi connectivity index (χ2v) is 12.0. The molecule has 4 aliphatic rings. The first-order valence-electron chi connectivity index (χ1n) is 13.4. The molecule has 0 spiro atoms. The van der Waals surface area contributed by atoms with Gasteiger partial charge in [0, 0.05) is 0 Å².